The summed E-state index contributed by atoms with van der Waals surface area (Å²) >= 11 is 0. The van der Waals surface area contributed by atoms with E-state index in [-0.39, 0.29) is 11.9 Å². The summed E-state index contributed by atoms with van der Waals surface area (Å²) in [6, 6.07) is 9.31. The highest BCUT2D eigenvalue weighted by Crippen LogP contribution is 2.27. The molecule has 6 heteroatoms. The van der Waals surface area contributed by atoms with Crippen molar-refractivity contribution < 1.29 is 4.79 Å². The standard InChI is InChI=1S/C21H31N5O/c1-14(2)11-26-19-8-6-5-7-18(19)20(23-26)21(27)22-15-9-16-12-24(3)13-17(10-15)25(16)4/h5-8,14-17H,9-13H2,1-4H3,(H,22,27). The van der Waals surface area contributed by atoms with Crippen LogP contribution in [0.2, 0.25) is 0 Å². The summed E-state index contributed by atoms with van der Waals surface area (Å²) < 4.78 is 1.98. The van der Waals surface area contributed by atoms with Crippen molar-refractivity contribution in [1.29, 1.82) is 0 Å². The van der Waals surface area contributed by atoms with Crippen molar-refractivity contribution in [2.45, 2.75) is 51.4 Å². The summed E-state index contributed by atoms with van der Waals surface area (Å²) in [5.41, 5.74) is 1.60. The molecule has 0 spiro atoms. The van der Waals surface area contributed by atoms with Gasteiger partial charge in [0.15, 0.2) is 5.69 Å². The fourth-order valence-corrected chi connectivity index (χ4v) is 4.74. The molecule has 2 unspecified atom stereocenters. The molecule has 1 amide bonds. The van der Waals surface area contributed by atoms with Crippen molar-refractivity contribution in [3.63, 3.8) is 0 Å². The highest BCUT2D eigenvalue weighted by Gasteiger charge is 2.38. The third-order valence-electron chi connectivity index (χ3n) is 6.06. The monoisotopic (exact) mass is 369 g/mol. The number of para-hydroxylation sites is 1. The summed E-state index contributed by atoms with van der Waals surface area (Å²) in [7, 11) is 4.42. The minimum Gasteiger partial charge on any atom is -0.348 e. The molecule has 2 aromatic rings. The summed E-state index contributed by atoms with van der Waals surface area (Å²) in [6.45, 7) is 7.31. The molecule has 2 atom stereocenters. The zero-order valence-electron chi connectivity index (χ0n) is 16.9. The summed E-state index contributed by atoms with van der Waals surface area (Å²) in [5.74, 6) is 0.448. The molecule has 2 saturated heterocycles. The molecule has 2 fully saturated rings. The van der Waals surface area contributed by atoms with Crippen molar-refractivity contribution in [2.75, 3.05) is 27.2 Å². The van der Waals surface area contributed by atoms with Crippen LogP contribution in [-0.4, -0.2) is 70.8 Å². The first-order valence-electron chi connectivity index (χ1n) is 10.1. The van der Waals surface area contributed by atoms with Crippen LogP contribution in [0.1, 0.15) is 37.2 Å². The second kappa shape index (κ2) is 7.24. The number of carbonyl (C=O) groups is 1. The van der Waals surface area contributed by atoms with E-state index in [1.54, 1.807) is 0 Å². The molecule has 2 bridgehead atoms. The fraction of sp³-hybridized carbons (Fsp3) is 0.619. The molecule has 4 rings (SSSR count). The van der Waals surface area contributed by atoms with Crippen molar-refractivity contribution >= 4 is 16.8 Å². The Labute approximate surface area is 161 Å². The first-order chi connectivity index (χ1) is 12.9. The van der Waals surface area contributed by atoms with Crippen LogP contribution in [0.15, 0.2) is 24.3 Å². The quantitative estimate of drug-likeness (QED) is 0.898. The van der Waals surface area contributed by atoms with Crippen LogP contribution in [0.3, 0.4) is 0 Å². The second-order valence-corrected chi connectivity index (χ2v) is 8.78. The molecule has 6 nitrogen and oxygen atoms in total. The molecule has 2 aliphatic heterocycles. The maximum atomic E-state index is 13.1. The van der Waals surface area contributed by atoms with Crippen LogP contribution < -0.4 is 5.32 Å². The van der Waals surface area contributed by atoms with Gasteiger partial charge >= 0.3 is 0 Å². The molecule has 1 aromatic heterocycles. The van der Waals surface area contributed by atoms with Gasteiger partial charge in [-0.05, 0) is 38.9 Å². The predicted molar refractivity (Wildman–Crippen MR) is 108 cm³/mol. The van der Waals surface area contributed by atoms with E-state index in [0.29, 0.717) is 23.7 Å². The number of amides is 1. The molecule has 146 valence electrons. The van der Waals surface area contributed by atoms with E-state index in [2.05, 4.69) is 54.2 Å². The summed E-state index contributed by atoms with van der Waals surface area (Å²) in [6.07, 6.45) is 2.02. The Hall–Kier alpha value is -1.92. The van der Waals surface area contributed by atoms with Gasteiger partial charge in [0.05, 0.1) is 5.52 Å². The van der Waals surface area contributed by atoms with Crippen molar-refractivity contribution in [1.82, 2.24) is 24.9 Å². The average molecular weight is 370 g/mol. The van der Waals surface area contributed by atoms with Gasteiger partial charge in [-0.25, -0.2) is 0 Å². The largest absolute Gasteiger partial charge is 0.348 e. The maximum absolute atomic E-state index is 13.1. The number of hydrogen-bond acceptors (Lipinski definition) is 4. The fourth-order valence-electron chi connectivity index (χ4n) is 4.74. The minimum atomic E-state index is -0.0327. The first-order valence-corrected chi connectivity index (χ1v) is 10.1. The lowest BCUT2D eigenvalue weighted by Gasteiger charge is -2.50. The number of nitrogens with zero attached hydrogens (tertiary/aromatic N) is 4. The van der Waals surface area contributed by atoms with Gasteiger partial charge in [-0.2, -0.15) is 5.10 Å². The van der Waals surface area contributed by atoms with Crippen molar-refractivity contribution in [3.8, 4) is 0 Å². The zero-order chi connectivity index (χ0) is 19.1. The Morgan fingerprint density at radius 1 is 1.19 bits per heavy atom. The van der Waals surface area contributed by atoms with Crippen LogP contribution in [0.4, 0.5) is 0 Å². The average Bonchev–Trinajstić information content (AvgIpc) is 2.95. The van der Waals surface area contributed by atoms with Crippen molar-refractivity contribution in [2.24, 2.45) is 5.92 Å². The Morgan fingerprint density at radius 3 is 2.52 bits per heavy atom. The van der Waals surface area contributed by atoms with Crippen LogP contribution in [0, 0.1) is 5.92 Å². The van der Waals surface area contributed by atoms with Crippen LogP contribution in [0.5, 0.6) is 0 Å². The van der Waals surface area contributed by atoms with Gasteiger partial charge in [0.1, 0.15) is 0 Å². The topological polar surface area (TPSA) is 53.4 Å². The second-order valence-electron chi connectivity index (χ2n) is 8.78. The van der Waals surface area contributed by atoms with Gasteiger partial charge in [0.25, 0.3) is 5.91 Å². The number of piperidine rings is 1. The van der Waals surface area contributed by atoms with Crippen LogP contribution in [-0.2, 0) is 6.54 Å². The van der Waals surface area contributed by atoms with E-state index in [1.165, 1.54) is 0 Å². The molecule has 3 heterocycles. The number of hydrogen-bond donors (Lipinski definition) is 1. The predicted octanol–water partition coefficient (Wildman–Crippen LogP) is 2.20. The number of carbonyl (C=O) groups excluding carboxylic acids is 1. The number of rotatable bonds is 4. The van der Waals surface area contributed by atoms with Gasteiger partial charge in [0, 0.05) is 43.1 Å². The molecule has 0 saturated carbocycles. The van der Waals surface area contributed by atoms with Gasteiger partial charge in [0.2, 0.25) is 0 Å². The lowest BCUT2D eigenvalue weighted by atomic mass is 9.88. The molecule has 27 heavy (non-hydrogen) atoms. The molecular formula is C21H31N5O. The van der Waals surface area contributed by atoms with Crippen LogP contribution >= 0.6 is 0 Å². The lowest BCUT2D eigenvalue weighted by molar-refractivity contribution is 0.00837. The van der Waals surface area contributed by atoms with E-state index < -0.39 is 0 Å². The maximum Gasteiger partial charge on any atom is 0.272 e. The number of benzene rings is 1. The molecular weight excluding hydrogens is 338 g/mol. The Morgan fingerprint density at radius 2 is 1.85 bits per heavy atom. The lowest BCUT2D eigenvalue weighted by Crippen LogP contribution is -2.63. The van der Waals surface area contributed by atoms with E-state index >= 15 is 0 Å². The third kappa shape index (κ3) is 3.60. The van der Waals surface area contributed by atoms with E-state index in [1.807, 2.05) is 22.9 Å². The Balaban J connectivity index is 1.54. The number of piperazine rings is 1. The molecule has 0 radical (unpaired) electrons. The van der Waals surface area contributed by atoms with Gasteiger partial charge < -0.3 is 10.2 Å². The minimum absolute atomic E-state index is 0.0327. The van der Waals surface area contributed by atoms with Crippen LogP contribution in [0.25, 0.3) is 10.9 Å². The number of aromatic nitrogens is 2. The highest BCUT2D eigenvalue weighted by atomic mass is 16.2. The van der Waals surface area contributed by atoms with Gasteiger partial charge in [-0.3, -0.25) is 14.4 Å². The number of likely N-dealkylation sites (tertiary alicyclic amines) is 1. The van der Waals surface area contributed by atoms with E-state index in [0.717, 1.165) is 43.4 Å². The molecule has 1 aromatic carbocycles. The third-order valence-corrected chi connectivity index (χ3v) is 6.06. The number of likely N-dealkylation sites (N-methyl/N-ethyl adjacent to an activating group) is 2. The van der Waals surface area contributed by atoms with Gasteiger partial charge in [-0.1, -0.05) is 32.0 Å². The zero-order valence-corrected chi connectivity index (χ0v) is 16.9. The smallest absolute Gasteiger partial charge is 0.272 e. The normalized spacial score (nSPS) is 26.6. The van der Waals surface area contributed by atoms with E-state index in [4.69, 9.17) is 0 Å². The summed E-state index contributed by atoms with van der Waals surface area (Å²) in [5, 5.41) is 8.93. The molecule has 0 aliphatic carbocycles. The Kier molecular flexibility index (Phi) is 4.95. The number of nitrogens with one attached hydrogen (secondary N) is 1. The SMILES string of the molecule is CC(C)Cn1nc(C(=O)NC2CC3CN(C)CC(C2)N3C)c2ccccc21. The highest BCUT2D eigenvalue weighted by molar-refractivity contribution is 6.05. The van der Waals surface area contributed by atoms with Crippen molar-refractivity contribution in [3.05, 3.63) is 30.0 Å². The number of fused-ring (bicyclic) bond motifs is 3. The van der Waals surface area contributed by atoms with Gasteiger partial charge in [-0.15, -0.1) is 0 Å². The summed E-state index contributed by atoms with van der Waals surface area (Å²) in [4.78, 5) is 18.0. The van der Waals surface area contributed by atoms with E-state index in [9.17, 15) is 4.79 Å². The molecule has 2 aliphatic rings. The Bertz CT molecular complexity index is 813. The first kappa shape index (κ1) is 18.4. The molecule has 1 N–H and O–H groups in total.